The number of hydrogen-bond acceptors (Lipinski definition) is 7. The predicted molar refractivity (Wildman–Crippen MR) is 117 cm³/mol. The molecule has 8 nitrogen and oxygen atoms in total. The number of amides is 1. The van der Waals surface area contributed by atoms with Crippen molar-refractivity contribution in [3.05, 3.63) is 34.4 Å². The van der Waals surface area contributed by atoms with E-state index in [0.717, 1.165) is 16.6 Å². The van der Waals surface area contributed by atoms with E-state index in [1.165, 1.54) is 17.7 Å². The normalized spacial score (nSPS) is 13.0. The highest BCUT2D eigenvalue weighted by atomic mass is 32.2. The number of carbonyl (C=O) groups is 2. The van der Waals surface area contributed by atoms with Gasteiger partial charge in [0.05, 0.1) is 11.5 Å². The molecule has 1 fully saturated rings. The van der Waals surface area contributed by atoms with Crippen molar-refractivity contribution in [1.29, 1.82) is 0 Å². The monoisotopic (exact) mass is 440 g/mol. The number of carbonyl (C=O) groups excluding carboxylic acids is 2. The summed E-state index contributed by atoms with van der Waals surface area (Å²) >= 11 is 1.81. The van der Waals surface area contributed by atoms with Crippen LogP contribution in [0.1, 0.15) is 53.9 Å². The number of esters is 1. The summed E-state index contributed by atoms with van der Waals surface area (Å²) in [5, 5.41) is 11.1. The van der Waals surface area contributed by atoms with Crippen LogP contribution in [0.2, 0.25) is 0 Å². The molecule has 0 aliphatic heterocycles. The Labute approximate surface area is 182 Å². The van der Waals surface area contributed by atoms with Crippen LogP contribution in [-0.4, -0.2) is 52.4 Å². The lowest BCUT2D eigenvalue weighted by Crippen LogP contribution is -2.40. The maximum Gasteiger partial charge on any atom is 0.410 e. The van der Waals surface area contributed by atoms with Crippen LogP contribution in [-0.2, 0) is 14.3 Å². The Morgan fingerprint density at radius 1 is 1.20 bits per heavy atom. The number of nitro groups is 1. The highest BCUT2D eigenvalue weighted by molar-refractivity contribution is 8.00. The van der Waals surface area contributed by atoms with Gasteiger partial charge in [-0.15, -0.1) is 11.8 Å². The standard InChI is InChI=1S/C12H23NO4.C9H9NO2S/c1-6-8-13(9-10(14)16-7-2)11(15)17-12(3,4)5;11-10(12)7-1-3-8(4-2-7)13-9-5-6-9/h6-9H2,1-5H3;1-4,9H,5-6H2. The molecule has 0 atom stereocenters. The third kappa shape index (κ3) is 11.0. The largest absolute Gasteiger partial charge is 0.465 e. The molecule has 168 valence electrons. The fraction of sp³-hybridized carbons (Fsp3) is 0.619. The van der Waals surface area contributed by atoms with Gasteiger partial charge in [-0.2, -0.15) is 0 Å². The van der Waals surface area contributed by atoms with Gasteiger partial charge in [-0.3, -0.25) is 19.8 Å². The molecule has 1 aliphatic carbocycles. The van der Waals surface area contributed by atoms with Gasteiger partial charge < -0.3 is 9.47 Å². The quantitative estimate of drug-likeness (QED) is 0.317. The second kappa shape index (κ2) is 12.4. The molecule has 9 heteroatoms. The fourth-order valence-corrected chi connectivity index (χ4v) is 3.27. The molecule has 2 rings (SSSR count). The van der Waals surface area contributed by atoms with Gasteiger partial charge in [-0.25, -0.2) is 4.79 Å². The van der Waals surface area contributed by atoms with Crippen molar-refractivity contribution in [3.63, 3.8) is 0 Å². The van der Waals surface area contributed by atoms with E-state index in [1.54, 1.807) is 39.8 Å². The molecule has 0 spiro atoms. The molecule has 0 radical (unpaired) electrons. The van der Waals surface area contributed by atoms with Crippen LogP contribution >= 0.6 is 11.8 Å². The average molecular weight is 441 g/mol. The smallest absolute Gasteiger partial charge is 0.410 e. The predicted octanol–water partition coefficient (Wildman–Crippen LogP) is 5.05. The van der Waals surface area contributed by atoms with Gasteiger partial charge in [0.25, 0.3) is 5.69 Å². The van der Waals surface area contributed by atoms with E-state index >= 15 is 0 Å². The molecule has 0 aromatic heterocycles. The van der Waals surface area contributed by atoms with E-state index < -0.39 is 17.7 Å². The van der Waals surface area contributed by atoms with Gasteiger partial charge in [0.15, 0.2) is 0 Å². The molecule has 1 aromatic rings. The fourth-order valence-electron chi connectivity index (χ4n) is 2.22. The topological polar surface area (TPSA) is 99.0 Å². The first-order chi connectivity index (χ1) is 14.1. The summed E-state index contributed by atoms with van der Waals surface area (Å²) in [4.78, 5) is 35.6. The van der Waals surface area contributed by atoms with E-state index in [9.17, 15) is 19.7 Å². The third-order valence-corrected chi connectivity index (χ3v) is 4.99. The van der Waals surface area contributed by atoms with Crippen LogP contribution in [0.25, 0.3) is 0 Å². The molecule has 30 heavy (non-hydrogen) atoms. The number of hydrogen-bond donors (Lipinski definition) is 0. The van der Waals surface area contributed by atoms with Crippen molar-refractivity contribution in [2.75, 3.05) is 19.7 Å². The van der Waals surface area contributed by atoms with Gasteiger partial charge in [-0.1, -0.05) is 6.92 Å². The van der Waals surface area contributed by atoms with Gasteiger partial charge in [0.1, 0.15) is 12.1 Å². The van der Waals surface area contributed by atoms with Gasteiger partial charge in [-0.05, 0) is 59.1 Å². The number of benzene rings is 1. The van der Waals surface area contributed by atoms with E-state index in [4.69, 9.17) is 9.47 Å². The molecule has 0 bridgehead atoms. The number of ether oxygens (including phenoxy) is 2. The molecule has 0 heterocycles. The Morgan fingerprint density at radius 3 is 2.23 bits per heavy atom. The molecule has 0 saturated heterocycles. The molecule has 1 aliphatic rings. The van der Waals surface area contributed by atoms with E-state index in [0.29, 0.717) is 13.2 Å². The Balaban J connectivity index is 0.000000308. The molecule has 0 unspecified atom stereocenters. The van der Waals surface area contributed by atoms with E-state index in [-0.39, 0.29) is 17.2 Å². The number of rotatable bonds is 8. The summed E-state index contributed by atoms with van der Waals surface area (Å²) in [5.41, 5.74) is -0.391. The highest BCUT2D eigenvalue weighted by Crippen LogP contribution is 2.39. The maximum atomic E-state index is 11.8. The van der Waals surface area contributed by atoms with Gasteiger partial charge in [0.2, 0.25) is 0 Å². The van der Waals surface area contributed by atoms with Gasteiger partial charge in [0, 0.05) is 28.8 Å². The Bertz CT molecular complexity index is 698. The molecule has 1 aromatic carbocycles. The van der Waals surface area contributed by atoms with Crippen LogP contribution in [0.15, 0.2) is 29.2 Å². The highest BCUT2D eigenvalue weighted by Gasteiger charge is 2.24. The number of nitro benzene ring substituents is 1. The Kier molecular flexibility index (Phi) is 10.7. The molecule has 1 amide bonds. The summed E-state index contributed by atoms with van der Waals surface area (Å²) in [6.07, 6.45) is 2.84. The lowest BCUT2D eigenvalue weighted by Gasteiger charge is -2.26. The van der Waals surface area contributed by atoms with Crippen LogP contribution in [0, 0.1) is 10.1 Å². The summed E-state index contributed by atoms with van der Waals surface area (Å²) in [7, 11) is 0. The minimum atomic E-state index is -0.558. The second-order valence-electron chi connectivity index (χ2n) is 7.78. The van der Waals surface area contributed by atoms with E-state index in [1.807, 2.05) is 30.8 Å². The zero-order valence-corrected chi connectivity index (χ0v) is 19.2. The van der Waals surface area contributed by atoms with Crippen molar-refractivity contribution >= 4 is 29.5 Å². The van der Waals surface area contributed by atoms with Crippen molar-refractivity contribution in [2.45, 2.75) is 69.6 Å². The number of non-ortho nitro benzene ring substituents is 1. The van der Waals surface area contributed by atoms with Crippen molar-refractivity contribution in [1.82, 2.24) is 4.90 Å². The molecular formula is C21H32N2O6S. The molecule has 1 saturated carbocycles. The maximum absolute atomic E-state index is 11.8. The van der Waals surface area contributed by atoms with Crippen LogP contribution in [0.4, 0.5) is 10.5 Å². The summed E-state index contributed by atoms with van der Waals surface area (Å²) in [5.74, 6) is -0.410. The van der Waals surface area contributed by atoms with Crippen molar-refractivity contribution in [2.24, 2.45) is 0 Å². The first-order valence-corrected chi connectivity index (χ1v) is 11.0. The molecular weight excluding hydrogens is 408 g/mol. The number of nitrogens with zero attached hydrogens (tertiary/aromatic N) is 2. The average Bonchev–Trinajstić information content (AvgIpc) is 3.45. The Hall–Kier alpha value is -2.29. The molecule has 0 N–H and O–H groups in total. The second-order valence-corrected chi connectivity index (χ2v) is 9.15. The number of thioether (sulfide) groups is 1. The van der Waals surface area contributed by atoms with E-state index in [2.05, 4.69) is 0 Å². The zero-order valence-electron chi connectivity index (χ0n) is 18.4. The SMILES string of the molecule is CCCN(CC(=O)OCC)C(=O)OC(C)(C)C.O=[N+]([O-])c1ccc(SC2CC2)cc1. The lowest BCUT2D eigenvalue weighted by atomic mass is 10.2. The summed E-state index contributed by atoms with van der Waals surface area (Å²) in [6, 6.07) is 6.76. The third-order valence-electron chi connectivity index (χ3n) is 3.65. The van der Waals surface area contributed by atoms with Crippen LogP contribution in [0.5, 0.6) is 0 Å². The zero-order chi connectivity index (χ0) is 22.7. The van der Waals surface area contributed by atoms with Gasteiger partial charge >= 0.3 is 12.1 Å². The summed E-state index contributed by atoms with van der Waals surface area (Å²) < 4.78 is 10.0. The summed E-state index contributed by atoms with van der Waals surface area (Å²) in [6.45, 7) is 9.77. The minimum absolute atomic E-state index is 0.0589. The minimum Gasteiger partial charge on any atom is -0.465 e. The van der Waals surface area contributed by atoms with Crippen LogP contribution in [0.3, 0.4) is 0 Å². The van der Waals surface area contributed by atoms with Crippen molar-refractivity contribution in [3.8, 4) is 0 Å². The first kappa shape index (κ1) is 25.7. The first-order valence-electron chi connectivity index (χ1n) is 10.1. The lowest BCUT2D eigenvalue weighted by molar-refractivity contribution is -0.384. The van der Waals surface area contributed by atoms with Crippen molar-refractivity contribution < 1.29 is 24.0 Å². The van der Waals surface area contributed by atoms with Crippen LogP contribution < -0.4 is 0 Å². The Morgan fingerprint density at radius 2 is 1.80 bits per heavy atom.